The number of carbonyl (C=O) groups excluding carboxylic acids is 3. The molecule has 0 saturated heterocycles. The van der Waals surface area contributed by atoms with E-state index in [1.165, 1.54) is 6.92 Å². The minimum absolute atomic E-state index is 0.0334. The molecule has 9 heteroatoms. The number of alkyl halides is 3. The van der Waals surface area contributed by atoms with Gasteiger partial charge in [0, 0.05) is 24.3 Å². The second-order valence-corrected chi connectivity index (χ2v) is 16.5. The average molecular weight is 595 g/mol. The number of allylic oxidation sites excluding steroid dienone is 2. The maximum atomic E-state index is 14.5. The number of hydrogen-bond acceptors (Lipinski definition) is 4. The average Bonchev–Trinajstić information content (AvgIpc) is 2.86. The van der Waals surface area contributed by atoms with Gasteiger partial charge >= 0.3 is 6.30 Å². The number of amides is 2. The van der Waals surface area contributed by atoms with Crippen LogP contribution in [0.1, 0.15) is 113 Å². The van der Waals surface area contributed by atoms with Gasteiger partial charge in [-0.3, -0.25) is 19.6 Å². The van der Waals surface area contributed by atoms with Gasteiger partial charge in [0.1, 0.15) is 0 Å². The van der Waals surface area contributed by atoms with Crippen molar-refractivity contribution in [1.29, 1.82) is 0 Å². The minimum Gasteiger partial charge on any atom is -0.353 e. The van der Waals surface area contributed by atoms with Crippen LogP contribution in [0.5, 0.6) is 0 Å². The summed E-state index contributed by atoms with van der Waals surface area (Å²) in [5, 5.41) is 11.9. The molecular formula is C33H49F3N2O4. The van der Waals surface area contributed by atoms with E-state index < -0.39 is 22.7 Å². The lowest BCUT2D eigenvalue weighted by molar-refractivity contribution is -0.337. The van der Waals surface area contributed by atoms with Crippen LogP contribution in [0.25, 0.3) is 0 Å². The molecule has 236 valence electrons. The molecule has 9 atom stereocenters. The lowest BCUT2D eigenvalue weighted by Gasteiger charge is -2.70. The van der Waals surface area contributed by atoms with E-state index in [4.69, 9.17) is 0 Å². The van der Waals surface area contributed by atoms with Crippen molar-refractivity contribution in [3.8, 4) is 0 Å². The number of hydrogen-bond donors (Lipinski definition) is 2. The summed E-state index contributed by atoms with van der Waals surface area (Å²) in [6.07, 6.45) is 2.89. The van der Waals surface area contributed by atoms with Crippen LogP contribution in [-0.4, -0.2) is 40.2 Å². The third-order valence-electron chi connectivity index (χ3n) is 13.9. The van der Waals surface area contributed by atoms with Crippen LogP contribution in [0, 0.1) is 50.2 Å². The second-order valence-electron chi connectivity index (χ2n) is 16.5. The standard InChI is InChI=1S/C33H49F3N2O4/c1-19(39)37-24-10-11-30(6)23(27(24,2)3)9-12-32(8)25(30)22(40)17-20-21-18-29(5,26(41)38(42)33(34,35)36)14-13-28(21,4)15-16-31(20,32)7/h17,21,23-25,42H,9-16,18H2,1-8H3,(H,37,39)/t21-,23?,24-,25+,28+,29-,30-,31+,32+/m0/s1. The lowest BCUT2D eigenvalue weighted by atomic mass is 9.33. The van der Waals surface area contributed by atoms with Gasteiger partial charge in [-0.2, -0.15) is 0 Å². The Morgan fingerprint density at radius 3 is 2.17 bits per heavy atom. The van der Waals surface area contributed by atoms with Crippen molar-refractivity contribution in [3.63, 3.8) is 0 Å². The molecule has 2 amide bonds. The molecule has 0 radical (unpaired) electrons. The lowest BCUT2D eigenvalue weighted by Crippen LogP contribution is -2.67. The topological polar surface area (TPSA) is 86.7 Å². The van der Waals surface area contributed by atoms with Gasteiger partial charge in [-0.15, -0.1) is 18.2 Å². The van der Waals surface area contributed by atoms with Crippen LogP contribution in [0.15, 0.2) is 11.6 Å². The Morgan fingerprint density at radius 1 is 0.952 bits per heavy atom. The Bertz CT molecular complexity index is 1230. The molecule has 42 heavy (non-hydrogen) atoms. The number of ketones is 1. The van der Waals surface area contributed by atoms with E-state index >= 15 is 0 Å². The monoisotopic (exact) mass is 594 g/mol. The quantitative estimate of drug-likeness (QED) is 0.201. The van der Waals surface area contributed by atoms with Crippen molar-refractivity contribution in [2.75, 3.05) is 0 Å². The van der Waals surface area contributed by atoms with Gasteiger partial charge in [0.2, 0.25) is 5.91 Å². The Labute approximate surface area is 248 Å². The SMILES string of the molecule is CC(=O)N[C@H]1CC[C@@]2(C)C(CC[C@]3(C)[C@@H]2C(=O)C=C2[C@@H]4C[C@@](C)(C(=O)N(O)C(F)(F)F)CC[C@]4(C)CC[C@]23C)C1(C)C. The summed E-state index contributed by atoms with van der Waals surface area (Å²) < 4.78 is 40.0. The number of nitrogens with zero attached hydrogens (tertiary/aromatic N) is 1. The third kappa shape index (κ3) is 4.17. The van der Waals surface area contributed by atoms with Gasteiger partial charge < -0.3 is 5.32 Å². The van der Waals surface area contributed by atoms with E-state index in [0.29, 0.717) is 6.42 Å². The zero-order valence-electron chi connectivity index (χ0n) is 26.5. The minimum atomic E-state index is -5.16. The molecule has 5 aliphatic carbocycles. The van der Waals surface area contributed by atoms with Gasteiger partial charge in [0.25, 0.3) is 5.91 Å². The van der Waals surface area contributed by atoms with E-state index in [1.54, 1.807) is 6.92 Å². The Morgan fingerprint density at radius 2 is 1.57 bits per heavy atom. The highest BCUT2D eigenvalue weighted by Crippen LogP contribution is 2.75. The molecule has 0 spiro atoms. The van der Waals surface area contributed by atoms with Crippen LogP contribution in [0.3, 0.4) is 0 Å². The summed E-state index contributed by atoms with van der Waals surface area (Å²) in [7, 11) is 0. The normalized spacial score (nSPS) is 46.3. The number of carbonyl (C=O) groups is 3. The highest BCUT2D eigenvalue weighted by Gasteiger charge is 2.70. The highest BCUT2D eigenvalue weighted by molar-refractivity contribution is 5.95. The first-order valence-corrected chi connectivity index (χ1v) is 15.7. The predicted octanol–water partition coefficient (Wildman–Crippen LogP) is 7.21. The van der Waals surface area contributed by atoms with Gasteiger partial charge in [0.15, 0.2) is 5.78 Å². The fourth-order valence-corrected chi connectivity index (χ4v) is 11.3. The maximum absolute atomic E-state index is 14.5. The van der Waals surface area contributed by atoms with Crippen LogP contribution < -0.4 is 5.32 Å². The van der Waals surface area contributed by atoms with Gasteiger partial charge in [-0.1, -0.05) is 54.0 Å². The molecule has 0 aromatic carbocycles. The van der Waals surface area contributed by atoms with Gasteiger partial charge in [-0.25, -0.2) is 0 Å². The zero-order chi connectivity index (χ0) is 31.5. The van der Waals surface area contributed by atoms with Gasteiger partial charge in [0.05, 0.1) is 0 Å². The molecule has 5 rings (SSSR count). The predicted molar refractivity (Wildman–Crippen MR) is 152 cm³/mol. The molecule has 1 unspecified atom stereocenters. The molecule has 2 N–H and O–H groups in total. The first-order valence-electron chi connectivity index (χ1n) is 15.7. The van der Waals surface area contributed by atoms with Gasteiger partial charge in [-0.05, 0) is 103 Å². The fourth-order valence-electron chi connectivity index (χ4n) is 11.3. The summed E-state index contributed by atoms with van der Waals surface area (Å²) in [5.41, 5.74) is -1.73. The zero-order valence-corrected chi connectivity index (χ0v) is 26.5. The number of nitrogens with one attached hydrogen (secondary N) is 1. The fraction of sp³-hybridized carbons (Fsp3) is 0.848. The summed E-state index contributed by atoms with van der Waals surface area (Å²) in [6, 6.07) is 0.0495. The van der Waals surface area contributed by atoms with Crippen molar-refractivity contribution >= 4 is 17.6 Å². The van der Waals surface area contributed by atoms with Crippen molar-refractivity contribution in [2.24, 2.45) is 50.2 Å². The number of fused-ring (bicyclic) bond motifs is 7. The smallest absolute Gasteiger partial charge is 0.353 e. The largest absolute Gasteiger partial charge is 0.510 e. The first kappa shape index (κ1) is 31.5. The Balaban J connectivity index is 1.55. The van der Waals surface area contributed by atoms with Crippen LogP contribution in [0.2, 0.25) is 0 Å². The molecule has 4 fully saturated rings. The number of hydroxylamine groups is 2. The van der Waals surface area contributed by atoms with Crippen LogP contribution >= 0.6 is 0 Å². The Hall–Kier alpha value is -1.90. The maximum Gasteiger partial charge on any atom is 0.510 e. The van der Waals surface area contributed by atoms with Crippen LogP contribution in [-0.2, 0) is 14.4 Å². The molecule has 4 saturated carbocycles. The van der Waals surface area contributed by atoms with E-state index in [-0.39, 0.29) is 75.4 Å². The van der Waals surface area contributed by atoms with E-state index in [0.717, 1.165) is 44.1 Å². The van der Waals surface area contributed by atoms with Crippen molar-refractivity contribution in [1.82, 2.24) is 10.4 Å². The molecular weight excluding hydrogens is 545 g/mol. The van der Waals surface area contributed by atoms with Crippen molar-refractivity contribution in [3.05, 3.63) is 11.6 Å². The molecule has 0 aromatic heterocycles. The number of halogens is 3. The van der Waals surface area contributed by atoms with E-state index in [9.17, 15) is 32.8 Å². The summed E-state index contributed by atoms with van der Waals surface area (Å²) in [6.45, 7) is 16.5. The molecule has 0 bridgehead atoms. The molecule has 0 heterocycles. The van der Waals surface area contributed by atoms with Crippen molar-refractivity contribution in [2.45, 2.75) is 126 Å². The summed E-state index contributed by atoms with van der Waals surface area (Å²) in [4.78, 5) is 39.5. The third-order valence-corrected chi connectivity index (χ3v) is 13.9. The molecule has 0 aromatic rings. The summed E-state index contributed by atoms with van der Waals surface area (Å²) >= 11 is 0. The Kier molecular flexibility index (Phi) is 6.98. The number of rotatable bonds is 2. The van der Waals surface area contributed by atoms with E-state index in [1.807, 2.05) is 6.08 Å². The molecule has 5 aliphatic rings. The molecule has 6 nitrogen and oxygen atoms in total. The summed E-state index contributed by atoms with van der Waals surface area (Å²) in [5.74, 6) is -1.42. The van der Waals surface area contributed by atoms with Crippen molar-refractivity contribution < 1.29 is 32.8 Å². The first-order chi connectivity index (χ1) is 19.1. The van der Waals surface area contributed by atoms with Crippen LogP contribution in [0.4, 0.5) is 13.2 Å². The second kappa shape index (κ2) is 9.31. The molecule has 0 aliphatic heterocycles. The van der Waals surface area contributed by atoms with E-state index in [2.05, 4.69) is 46.9 Å². The highest BCUT2D eigenvalue weighted by atomic mass is 19.4.